The fraction of sp³-hybridized carbons (Fsp3) is 0.923. The molecule has 18 heavy (non-hydrogen) atoms. The van der Waals surface area contributed by atoms with Crippen molar-refractivity contribution in [3.63, 3.8) is 0 Å². The molecule has 0 aromatic carbocycles. The van der Waals surface area contributed by atoms with E-state index in [2.05, 4.69) is 0 Å². The van der Waals surface area contributed by atoms with Gasteiger partial charge in [-0.3, -0.25) is 4.79 Å². The molecule has 0 saturated carbocycles. The molecular weight excluding hydrogens is 236 g/mol. The largest absolute Gasteiger partial charge is 0.463 e. The van der Waals surface area contributed by atoms with E-state index in [1.807, 2.05) is 27.7 Å². The lowest BCUT2D eigenvalue weighted by Crippen LogP contribution is -2.24. The second kappa shape index (κ2) is 10.3. The molecule has 0 aliphatic carbocycles. The Bertz CT molecular complexity index is 210. The van der Waals surface area contributed by atoms with E-state index in [1.54, 1.807) is 0 Å². The fourth-order valence-electron chi connectivity index (χ4n) is 0.994. The van der Waals surface area contributed by atoms with Crippen LogP contribution in [0.4, 0.5) is 0 Å². The zero-order chi connectivity index (χ0) is 13.9. The van der Waals surface area contributed by atoms with Crippen LogP contribution in [0.1, 0.15) is 27.7 Å². The van der Waals surface area contributed by atoms with Crippen LogP contribution in [0.25, 0.3) is 0 Å². The monoisotopic (exact) mass is 262 g/mol. The molecule has 0 aromatic rings. The Balaban J connectivity index is 3.19. The number of esters is 1. The maximum Gasteiger partial charge on any atom is 0.311 e. The predicted molar refractivity (Wildman–Crippen MR) is 68.5 cm³/mol. The average molecular weight is 262 g/mol. The third-order valence-electron chi connectivity index (χ3n) is 2.02. The Hall–Kier alpha value is -0.650. The number of carbonyl (C=O) groups excluding carboxylic acids is 1. The highest BCUT2D eigenvalue weighted by Crippen LogP contribution is 2.14. The summed E-state index contributed by atoms with van der Waals surface area (Å²) in [6.45, 7) is 11.0. The maximum absolute atomic E-state index is 11.4. The summed E-state index contributed by atoms with van der Waals surface area (Å²) in [4.78, 5) is 11.4. The third kappa shape index (κ3) is 10.5. The summed E-state index contributed by atoms with van der Waals surface area (Å²) in [7, 11) is 0. The Morgan fingerprint density at radius 3 is 1.72 bits per heavy atom. The smallest absolute Gasteiger partial charge is 0.311 e. The van der Waals surface area contributed by atoms with Crippen molar-refractivity contribution in [3.05, 3.63) is 0 Å². The zero-order valence-electron chi connectivity index (χ0n) is 12.0. The molecule has 5 heteroatoms. The Labute approximate surface area is 110 Å². The molecule has 0 spiro atoms. The number of rotatable bonds is 10. The third-order valence-corrected chi connectivity index (χ3v) is 2.02. The van der Waals surface area contributed by atoms with Gasteiger partial charge in [0.1, 0.15) is 6.61 Å². The van der Waals surface area contributed by atoms with Gasteiger partial charge in [-0.2, -0.15) is 0 Å². The van der Waals surface area contributed by atoms with Crippen LogP contribution in [0.15, 0.2) is 0 Å². The lowest BCUT2D eigenvalue weighted by atomic mass is 9.97. The molecular formula is C13H26O5. The molecule has 0 amide bonds. The SMILES string of the molecule is CCOCCOCCOCCOC(=O)C(C)(C)C. The number of hydrogen-bond donors (Lipinski definition) is 0. The highest BCUT2D eigenvalue weighted by atomic mass is 16.6. The van der Waals surface area contributed by atoms with Crippen LogP contribution in [0.5, 0.6) is 0 Å². The van der Waals surface area contributed by atoms with Gasteiger partial charge in [0.05, 0.1) is 38.4 Å². The van der Waals surface area contributed by atoms with Gasteiger partial charge >= 0.3 is 5.97 Å². The van der Waals surface area contributed by atoms with E-state index in [0.717, 1.165) is 0 Å². The van der Waals surface area contributed by atoms with Crippen LogP contribution >= 0.6 is 0 Å². The van der Waals surface area contributed by atoms with Crippen LogP contribution < -0.4 is 0 Å². The van der Waals surface area contributed by atoms with E-state index in [9.17, 15) is 4.79 Å². The van der Waals surface area contributed by atoms with Crippen LogP contribution in [-0.4, -0.2) is 52.2 Å². The molecule has 0 unspecified atom stereocenters. The van der Waals surface area contributed by atoms with E-state index < -0.39 is 5.41 Å². The van der Waals surface area contributed by atoms with E-state index in [-0.39, 0.29) is 12.6 Å². The summed E-state index contributed by atoms with van der Waals surface area (Å²) < 4.78 is 20.7. The molecule has 0 fully saturated rings. The minimum Gasteiger partial charge on any atom is -0.463 e. The van der Waals surface area contributed by atoms with Gasteiger partial charge in [-0.15, -0.1) is 0 Å². The summed E-state index contributed by atoms with van der Waals surface area (Å²) in [5.41, 5.74) is -0.456. The van der Waals surface area contributed by atoms with Crippen molar-refractivity contribution in [2.24, 2.45) is 5.41 Å². The van der Waals surface area contributed by atoms with Gasteiger partial charge in [-0.1, -0.05) is 0 Å². The Morgan fingerprint density at radius 1 is 0.833 bits per heavy atom. The molecule has 0 atom stereocenters. The van der Waals surface area contributed by atoms with Gasteiger partial charge in [-0.05, 0) is 27.7 Å². The molecule has 0 heterocycles. The van der Waals surface area contributed by atoms with E-state index in [4.69, 9.17) is 18.9 Å². The summed E-state index contributed by atoms with van der Waals surface area (Å²) in [6.07, 6.45) is 0. The minimum atomic E-state index is -0.456. The van der Waals surface area contributed by atoms with E-state index in [1.165, 1.54) is 0 Å². The van der Waals surface area contributed by atoms with Gasteiger partial charge in [0.25, 0.3) is 0 Å². The molecule has 0 bridgehead atoms. The quantitative estimate of drug-likeness (QED) is 0.442. The van der Waals surface area contributed by atoms with Crippen molar-refractivity contribution in [3.8, 4) is 0 Å². The molecule has 0 saturated heterocycles. The standard InChI is InChI=1S/C13H26O5/c1-5-15-6-7-16-8-9-17-10-11-18-12(14)13(2,3)4/h5-11H2,1-4H3. The summed E-state index contributed by atoms with van der Waals surface area (Å²) >= 11 is 0. The van der Waals surface area contributed by atoms with Crippen molar-refractivity contribution in [2.75, 3.05) is 46.2 Å². The van der Waals surface area contributed by atoms with Crippen LogP contribution in [0.3, 0.4) is 0 Å². The minimum absolute atomic E-state index is 0.209. The molecule has 0 aliphatic heterocycles. The second-order valence-corrected chi connectivity index (χ2v) is 4.81. The number of ether oxygens (including phenoxy) is 4. The van der Waals surface area contributed by atoms with Crippen molar-refractivity contribution < 1.29 is 23.7 Å². The summed E-state index contributed by atoms with van der Waals surface area (Å²) in [6, 6.07) is 0. The first-order valence-corrected chi connectivity index (χ1v) is 6.39. The zero-order valence-corrected chi connectivity index (χ0v) is 12.0. The predicted octanol–water partition coefficient (Wildman–Crippen LogP) is 1.65. The van der Waals surface area contributed by atoms with Crippen LogP contribution in [0, 0.1) is 5.41 Å². The van der Waals surface area contributed by atoms with Gasteiger partial charge in [0.15, 0.2) is 0 Å². The Morgan fingerprint density at radius 2 is 1.28 bits per heavy atom. The highest BCUT2D eigenvalue weighted by molar-refractivity contribution is 5.75. The Kier molecular flexibility index (Phi) is 9.92. The highest BCUT2D eigenvalue weighted by Gasteiger charge is 2.22. The van der Waals surface area contributed by atoms with Crippen LogP contribution in [0.2, 0.25) is 0 Å². The molecule has 0 rings (SSSR count). The first kappa shape index (κ1) is 17.4. The number of hydrogen-bond acceptors (Lipinski definition) is 5. The first-order chi connectivity index (χ1) is 8.48. The van der Waals surface area contributed by atoms with Crippen molar-refractivity contribution in [2.45, 2.75) is 27.7 Å². The average Bonchev–Trinajstić information content (AvgIpc) is 2.30. The molecule has 0 aromatic heterocycles. The lowest BCUT2D eigenvalue weighted by molar-refractivity contribution is -0.154. The van der Waals surface area contributed by atoms with Gasteiger partial charge in [-0.25, -0.2) is 0 Å². The summed E-state index contributed by atoms with van der Waals surface area (Å²) in [5.74, 6) is -0.209. The van der Waals surface area contributed by atoms with E-state index in [0.29, 0.717) is 39.6 Å². The van der Waals surface area contributed by atoms with Gasteiger partial charge in [0.2, 0.25) is 0 Å². The molecule has 108 valence electrons. The van der Waals surface area contributed by atoms with Crippen molar-refractivity contribution in [1.82, 2.24) is 0 Å². The maximum atomic E-state index is 11.4. The van der Waals surface area contributed by atoms with Gasteiger partial charge in [0, 0.05) is 6.61 Å². The number of carbonyl (C=O) groups is 1. The molecule has 5 nitrogen and oxygen atoms in total. The van der Waals surface area contributed by atoms with Gasteiger partial charge < -0.3 is 18.9 Å². The normalized spacial score (nSPS) is 11.6. The first-order valence-electron chi connectivity index (χ1n) is 6.39. The van der Waals surface area contributed by atoms with Crippen LogP contribution in [-0.2, 0) is 23.7 Å². The topological polar surface area (TPSA) is 54.0 Å². The molecule has 0 N–H and O–H groups in total. The lowest BCUT2D eigenvalue weighted by Gasteiger charge is -2.16. The molecule has 0 radical (unpaired) electrons. The second-order valence-electron chi connectivity index (χ2n) is 4.81. The molecule has 0 aliphatic rings. The van der Waals surface area contributed by atoms with Crippen molar-refractivity contribution >= 4 is 5.97 Å². The van der Waals surface area contributed by atoms with Crippen molar-refractivity contribution in [1.29, 1.82) is 0 Å². The summed E-state index contributed by atoms with van der Waals surface area (Å²) in [5, 5.41) is 0. The van der Waals surface area contributed by atoms with E-state index >= 15 is 0 Å². The fourth-order valence-corrected chi connectivity index (χ4v) is 0.994.